The maximum atomic E-state index is 12.4. The van der Waals surface area contributed by atoms with E-state index in [1.165, 1.54) is 77.0 Å². The molecular formula is C26H46O2. The third-order valence-electron chi connectivity index (χ3n) is 10.1. The molecule has 4 rings (SSSR count). The molecule has 4 aliphatic carbocycles. The van der Waals surface area contributed by atoms with Gasteiger partial charge in [0.1, 0.15) is 5.78 Å². The quantitative estimate of drug-likeness (QED) is 0.573. The summed E-state index contributed by atoms with van der Waals surface area (Å²) in [5, 5.41) is 7.00. The Balaban J connectivity index is 0.00000109. The van der Waals surface area contributed by atoms with Gasteiger partial charge in [-0.25, -0.2) is 0 Å². The largest absolute Gasteiger partial charge is 0.400 e. The summed E-state index contributed by atoms with van der Waals surface area (Å²) in [6, 6.07) is 0. The number of rotatable bonds is 2. The lowest BCUT2D eigenvalue weighted by molar-refractivity contribution is -0.145. The van der Waals surface area contributed by atoms with Crippen LogP contribution in [0.4, 0.5) is 0 Å². The molecule has 4 aliphatic rings. The zero-order chi connectivity index (χ0) is 20.5. The molecule has 0 radical (unpaired) electrons. The number of hydrogen-bond donors (Lipinski definition) is 1. The van der Waals surface area contributed by atoms with Gasteiger partial charge in [0.2, 0.25) is 0 Å². The molecule has 162 valence electrons. The standard InChI is InChI=1S/C25H42O.CH4O/c1-5-18-8-6-10-22-19-13-15-25(4)21(17(2)26)9-7-11-23(25)20(19)12-14-24(22,3)16-18;1-2/h18-23H,5-16H2,1-4H3;2H,1H3. The number of aliphatic hydroxyl groups is 1. The van der Waals surface area contributed by atoms with Crippen molar-refractivity contribution < 1.29 is 9.90 Å². The molecule has 0 aromatic rings. The van der Waals surface area contributed by atoms with Gasteiger partial charge < -0.3 is 5.11 Å². The van der Waals surface area contributed by atoms with Crippen LogP contribution in [0.3, 0.4) is 0 Å². The fourth-order valence-electron chi connectivity index (χ4n) is 8.85. The van der Waals surface area contributed by atoms with Crippen LogP contribution in [0.2, 0.25) is 0 Å². The summed E-state index contributed by atoms with van der Waals surface area (Å²) in [6.07, 6.45) is 16.9. The van der Waals surface area contributed by atoms with Gasteiger partial charge in [-0.1, -0.05) is 46.5 Å². The van der Waals surface area contributed by atoms with E-state index in [9.17, 15) is 4.79 Å². The minimum Gasteiger partial charge on any atom is -0.400 e. The van der Waals surface area contributed by atoms with Crippen molar-refractivity contribution in [3.05, 3.63) is 0 Å². The van der Waals surface area contributed by atoms with E-state index in [-0.39, 0.29) is 0 Å². The van der Waals surface area contributed by atoms with Gasteiger partial charge in [-0.2, -0.15) is 0 Å². The van der Waals surface area contributed by atoms with Crippen molar-refractivity contribution in [1.82, 2.24) is 0 Å². The van der Waals surface area contributed by atoms with Crippen molar-refractivity contribution >= 4 is 5.78 Å². The van der Waals surface area contributed by atoms with Crippen molar-refractivity contribution in [2.75, 3.05) is 7.11 Å². The molecule has 4 saturated carbocycles. The van der Waals surface area contributed by atoms with Crippen LogP contribution >= 0.6 is 0 Å². The van der Waals surface area contributed by atoms with Gasteiger partial charge in [0.15, 0.2) is 0 Å². The summed E-state index contributed by atoms with van der Waals surface area (Å²) in [7, 11) is 1.00. The lowest BCUT2D eigenvalue weighted by Crippen LogP contribution is -2.54. The van der Waals surface area contributed by atoms with Crippen LogP contribution in [0.5, 0.6) is 0 Å². The van der Waals surface area contributed by atoms with Crippen molar-refractivity contribution in [3.63, 3.8) is 0 Å². The molecule has 0 aromatic heterocycles. The van der Waals surface area contributed by atoms with Crippen molar-refractivity contribution in [2.45, 2.75) is 105 Å². The summed E-state index contributed by atoms with van der Waals surface area (Å²) in [6.45, 7) is 9.45. The Morgan fingerprint density at radius 1 is 0.893 bits per heavy atom. The Morgan fingerprint density at radius 3 is 2.18 bits per heavy atom. The third kappa shape index (κ3) is 3.72. The summed E-state index contributed by atoms with van der Waals surface area (Å²) < 4.78 is 0. The van der Waals surface area contributed by atoms with E-state index < -0.39 is 0 Å². The molecule has 0 aliphatic heterocycles. The van der Waals surface area contributed by atoms with Gasteiger partial charge >= 0.3 is 0 Å². The molecule has 0 bridgehead atoms. The average Bonchev–Trinajstić information content (AvgIpc) is 2.86. The minimum atomic E-state index is 0.315. The predicted octanol–water partition coefficient (Wildman–Crippen LogP) is 6.65. The SMILES string of the molecule is CCC1CCCC2C3CCC4(C)C(C(C)=O)CCCC4C3CCC2(C)C1.CO. The van der Waals surface area contributed by atoms with E-state index in [1.807, 2.05) is 6.92 Å². The van der Waals surface area contributed by atoms with E-state index in [4.69, 9.17) is 5.11 Å². The Morgan fingerprint density at radius 2 is 1.50 bits per heavy atom. The molecule has 28 heavy (non-hydrogen) atoms. The van der Waals surface area contributed by atoms with E-state index in [2.05, 4.69) is 20.8 Å². The number of ketones is 1. The first kappa shape index (κ1) is 22.3. The second-order valence-corrected chi connectivity index (χ2v) is 11.3. The van der Waals surface area contributed by atoms with Gasteiger partial charge in [-0.15, -0.1) is 0 Å². The van der Waals surface area contributed by atoms with Crippen molar-refractivity contribution in [2.24, 2.45) is 46.3 Å². The highest BCUT2D eigenvalue weighted by atomic mass is 16.2. The molecule has 8 atom stereocenters. The van der Waals surface area contributed by atoms with Crippen LogP contribution in [0, 0.1) is 46.3 Å². The summed E-state index contributed by atoms with van der Waals surface area (Å²) in [5.41, 5.74) is 0.927. The molecule has 2 nitrogen and oxygen atoms in total. The molecule has 4 fully saturated rings. The topological polar surface area (TPSA) is 37.3 Å². The van der Waals surface area contributed by atoms with Crippen LogP contribution in [0.25, 0.3) is 0 Å². The van der Waals surface area contributed by atoms with Crippen LogP contribution in [0.1, 0.15) is 105 Å². The zero-order valence-corrected chi connectivity index (χ0v) is 19.3. The molecule has 0 heterocycles. The minimum absolute atomic E-state index is 0.315. The zero-order valence-electron chi connectivity index (χ0n) is 19.3. The van der Waals surface area contributed by atoms with Gasteiger partial charge in [0.25, 0.3) is 0 Å². The molecule has 0 aromatic carbocycles. The smallest absolute Gasteiger partial charge is 0.133 e. The van der Waals surface area contributed by atoms with Gasteiger partial charge in [-0.05, 0) is 98.7 Å². The van der Waals surface area contributed by atoms with Crippen LogP contribution in [-0.4, -0.2) is 18.0 Å². The second kappa shape index (κ2) is 8.78. The number of hydrogen-bond acceptors (Lipinski definition) is 2. The second-order valence-electron chi connectivity index (χ2n) is 11.3. The normalized spacial score (nSPS) is 48.1. The lowest BCUT2D eigenvalue weighted by atomic mass is 9.43. The summed E-state index contributed by atoms with van der Waals surface area (Å²) in [5.74, 6) is 5.51. The Hall–Kier alpha value is -0.370. The van der Waals surface area contributed by atoms with Crippen molar-refractivity contribution in [1.29, 1.82) is 0 Å². The van der Waals surface area contributed by atoms with E-state index in [0.29, 0.717) is 22.5 Å². The van der Waals surface area contributed by atoms with Crippen LogP contribution in [-0.2, 0) is 4.79 Å². The Bertz CT molecular complexity index is 543. The summed E-state index contributed by atoms with van der Waals surface area (Å²) in [4.78, 5) is 12.4. The Labute approximate surface area is 174 Å². The highest BCUT2D eigenvalue weighted by Crippen LogP contribution is 2.65. The predicted molar refractivity (Wildman–Crippen MR) is 117 cm³/mol. The number of fused-ring (bicyclic) bond motifs is 5. The Kier molecular flexibility index (Phi) is 7.00. The van der Waals surface area contributed by atoms with Crippen LogP contribution in [0.15, 0.2) is 0 Å². The highest BCUT2D eigenvalue weighted by molar-refractivity contribution is 5.79. The molecule has 0 spiro atoms. The van der Waals surface area contributed by atoms with Gasteiger partial charge in [0, 0.05) is 13.0 Å². The number of aliphatic hydroxyl groups excluding tert-OH is 1. The average molecular weight is 391 g/mol. The van der Waals surface area contributed by atoms with E-state index in [1.54, 1.807) is 0 Å². The lowest BCUT2D eigenvalue weighted by Gasteiger charge is -2.61. The number of Topliss-reactive ketones (excluding diaryl/α,β-unsaturated/α-hetero) is 1. The molecule has 8 unspecified atom stereocenters. The monoisotopic (exact) mass is 390 g/mol. The molecule has 0 saturated heterocycles. The fourth-order valence-corrected chi connectivity index (χ4v) is 8.85. The third-order valence-corrected chi connectivity index (χ3v) is 10.1. The first-order valence-corrected chi connectivity index (χ1v) is 12.3. The molecule has 1 N–H and O–H groups in total. The maximum absolute atomic E-state index is 12.4. The molecular weight excluding hydrogens is 344 g/mol. The summed E-state index contributed by atoms with van der Waals surface area (Å²) >= 11 is 0. The highest BCUT2D eigenvalue weighted by Gasteiger charge is 2.57. The molecule has 0 amide bonds. The first-order valence-electron chi connectivity index (χ1n) is 12.3. The van der Waals surface area contributed by atoms with E-state index >= 15 is 0 Å². The number of carbonyl (C=O) groups is 1. The van der Waals surface area contributed by atoms with Gasteiger partial charge in [-0.3, -0.25) is 4.79 Å². The molecule has 2 heteroatoms. The van der Waals surface area contributed by atoms with Crippen molar-refractivity contribution in [3.8, 4) is 0 Å². The number of carbonyl (C=O) groups excluding carboxylic acids is 1. The van der Waals surface area contributed by atoms with Crippen LogP contribution < -0.4 is 0 Å². The first-order chi connectivity index (χ1) is 13.4. The fraction of sp³-hybridized carbons (Fsp3) is 0.962. The van der Waals surface area contributed by atoms with E-state index in [0.717, 1.165) is 36.7 Å². The van der Waals surface area contributed by atoms with Gasteiger partial charge in [0.05, 0.1) is 0 Å². The maximum Gasteiger partial charge on any atom is 0.133 e.